The maximum Gasteiger partial charge on any atom is 0.0535 e. The maximum absolute atomic E-state index is 5.94. The molecule has 1 unspecified atom stereocenters. The molecule has 6 heteroatoms. The Labute approximate surface area is 142 Å². The summed E-state index contributed by atoms with van der Waals surface area (Å²) in [4.78, 5) is 2.44. The van der Waals surface area contributed by atoms with Gasteiger partial charge in [0, 0.05) is 48.1 Å². The average Bonchev–Trinajstić information content (AvgIpc) is 3.10. The summed E-state index contributed by atoms with van der Waals surface area (Å²) in [5.74, 6) is 0.702. The lowest BCUT2D eigenvalue weighted by molar-refractivity contribution is 0.516. The highest BCUT2D eigenvalue weighted by atomic mass is 35.5. The van der Waals surface area contributed by atoms with E-state index < -0.39 is 0 Å². The molecule has 1 aliphatic rings. The topological polar surface area (TPSA) is 44.0 Å². The molecule has 0 aliphatic carbocycles. The Hall–Kier alpha value is -1.23. The molecule has 22 heavy (non-hydrogen) atoms. The van der Waals surface area contributed by atoms with Crippen molar-refractivity contribution >= 4 is 29.7 Å². The number of benzene rings is 1. The Morgan fingerprint density at radius 1 is 1.36 bits per heavy atom. The van der Waals surface area contributed by atoms with Crippen LogP contribution in [0.1, 0.15) is 17.7 Å². The van der Waals surface area contributed by atoms with Gasteiger partial charge in [-0.05, 0) is 43.5 Å². The van der Waals surface area contributed by atoms with Crippen molar-refractivity contribution in [3.8, 4) is 0 Å². The first-order chi connectivity index (χ1) is 10.2. The van der Waals surface area contributed by atoms with E-state index in [0.29, 0.717) is 5.92 Å². The largest absolute Gasteiger partial charge is 0.371 e. The number of anilines is 1. The molecular weight excluding hydrogens is 319 g/mol. The van der Waals surface area contributed by atoms with Gasteiger partial charge in [0.25, 0.3) is 0 Å². The van der Waals surface area contributed by atoms with Crippen LogP contribution >= 0.6 is 24.0 Å². The average molecular weight is 341 g/mol. The van der Waals surface area contributed by atoms with Crippen LogP contribution in [0.3, 0.4) is 0 Å². The molecule has 0 amide bonds. The second-order valence-electron chi connectivity index (χ2n) is 5.73. The molecule has 2 aromatic rings. The smallest absolute Gasteiger partial charge is 0.0535 e. The number of H-pyrrole nitrogens is 1. The van der Waals surface area contributed by atoms with Gasteiger partial charge in [0.2, 0.25) is 0 Å². The normalized spacial score (nSPS) is 17.5. The van der Waals surface area contributed by atoms with Crippen LogP contribution in [0, 0.1) is 12.8 Å². The number of hydrogen-bond donors (Lipinski definition) is 2. The van der Waals surface area contributed by atoms with Crippen molar-refractivity contribution in [2.75, 3.05) is 24.5 Å². The minimum atomic E-state index is 0. The molecule has 0 spiro atoms. The lowest BCUT2D eigenvalue weighted by atomic mass is 10.1. The molecule has 1 fully saturated rings. The van der Waals surface area contributed by atoms with E-state index in [1.54, 1.807) is 0 Å². The Balaban J connectivity index is 0.00000176. The monoisotopic (exact) mass is 340 g/mol. The van der Waals surface area contributed by atoms with E-state index in [1.165, 1.54) is 17.7 Å². The Morgan fingerprint density at radius 2 is 2.14 bits per heavy atom. The fourth-order valence-electron chi connectivity index (χ4n) is 2.85. The van der Waals surface area contributed by atoms with Crippen LogP contribution < -0.4 is 10.2 Å². The van der Waals surface area contributed by atoms with Crippen LogP contribution in [0.4, 0.5) is 5.69 Å². The molecule has 1 aromatic heterocycles. The van der Waals surface area contributed by atoms with Crippen molar-refractivity contribution in [3.05, 3.63) is 46.7 Å². The predicted molar refractivity (Wildman–Crippen MR) is 94.1 cm³/mol. The fourth-order valence-corrected chi connectivity index (χ4v) is 2.98. The number of nitrogens with one attached hydrogen (secondary N) is 2. The Bertz CT molecular complexity index is 582. The molecule has 1 atom stereocenters. The number of rotatable bonds is 5. The lowest BCUT2D eigenvalue weighted by Crippen LogP contribution is -2.26. The summed E-state index contributed by atoms with van der Waals surface area (Å²) in [6.45, 7) is 6.23. The number of aryl methyl sites for hydroxylation is 1. The minimum absolute atomic E-state index is 0. The van der Waals surface area contributed by atoms with Gasteiger partial charge in [-0.3, -0.25) is 5.10 Å². The second kappa shape index (κ2) is 7.86. The molecule has 120 valence electrons. The minimum Gasteiger partial charge on any atom is -0.371 e. The summed E-state index contributed by atoms with van der Waals surface area (Å²) in [5.41, 5.74) is 3.67. The summed E-state index contributed by atoms with van der Waals surface area (Å²) >= 11 is 5.94. The lowest BCUT2D eigenvalue weighted by Gasteiger charge is -2.19. The van der Waals surface area contributed by atoms with Crippen molar-refractivity contribution in [1.29, 1.82) is 0 Å². The number of aromatic nitrogens is 2. The van der Waals surface area contributed by atoms with Gasteiger partial charge in [-0.15, -0.1) is 12.4 Å². The van der Waals surface area contributed by atoms with Crippen LogP contribution in [-0.4, -0.2) is 29.8 Å². The van der Waals surface area contributed by atoms with E-state index in [-0.39, 0.29) is 12.4 Å². The number of nitrogens with zero attached hydrogens (tertiary/aromatic N) is 2. The zero-order chi connectivity index (χ0) is 14.7. The molecule has 0 bridgehead atoms. The molecule has 1 saturated heterocycles. The SMILES string of the molecule is Cc1[nH]ncc1CNCC1CCN(c2ccc(Cl)cc2)C1.Cl. The third-order valence-electron chi connectivity index (χ3n) is 4.16. The third kappa shape index (κ3) is 4.15. The number of hydrogen-bond acceptors (Lipinski definition) is 3. The standard InChI is InChI=1S/C16H21ClN4.ClH/c1-12-14(10-19-20-12)9-18-8-13-6-7-21(11-13)16-4-2-15(17)3-5-16;/h2-5,10,13,18H,6-9,11H2,1H3,(H,19,20);1H. The van der Waals surface area contributed by atoms with Gasteiger partial charge in [0.1, 0.15) is 0 Å². The van der Waals surface area contributed by atoms with Gasteiger partial charge < -0.3 is 10.2 Å². The highest BCUT2D eigenvalue weighted by Crippen LogP contribution is 2.24. The van der Waals surface area contributed by atoms with Crippen molar-refractivity contribution < 1.29 is 0 Å². The van der Waals surface area contributed by atoms with Crippen LogP contribution in [0.2, 0.25) is 5.02 Å². The predicted octanol–water partition coefficient (Wildman–Crippen LogP) is 3.41. The van der Waals surface area contributed by atoms with Crippen molar-refractivity contribution in [2.45, 2.75) is 19.9 Å². The molecule has 0 radical (unpaired) electrons. The fraction of sp³-hybridized carbons (Fsp3) is 0.438. The molecule has 2 N–H and O–H groups in total. The molecule has 3 rings (SSSR count). The van der Waals surface area contributed by atoms with E-state index in [4.69, 9.17) is 11.6 Å². The van der Waals surface area contributed by atoms with Gasteiger partial charge in [0.05, 0.1) is 6.20 Å². The van der Waals surface area contributed by atoms with E-state index in [1.807, 2.05) is 18.3 Å². The number of halogens is 2. The summed E-state index contributed by atoms with van der Waals surface area (Å²) in [5, 5.41) is 11.4. The molecule has 1 aliphatic heterocycles. The van der Waals surface area contributed by atoms with Crippen LogP contribution in [0.25, 0.3) is 0 Å². The van der Waals surface area contributed by atoms with E-state index in [9.17, 15) is 0 Å². The van der Waals surface area contributed by atoms with E-state index in [2.05, 4.69) is 39.5 Å². The first-order valence-electron chi connectivity index (χ1n) is 7.42. The first kappa shape index (κ1) is 17.1. The summed E-state index contributed by atoms with van der Waals surface area (Å²) in [6, 6.07) is 8.13. The van der Waals surface area contributed by atoms with Gasteiger partial charge >= 0.3 is 0 Å². The molecule has 0 saturated carbocycles. The van der Waals surface area contributed by atoms with E-state index >= 15 is 0 Å². The number of aromatic amines is 1. The summed E-state index contributed by atoms with van der Waals surface area (Å²) in [7, 11) is 0. The molecule has 2 heterocycles. The van der Waals surface area contributed by atoms with Gasteiger partial charge in [-0.25, -0.2) is 0 Å². The molecule has 1 aromatic carbocycles. The van der Waals surface area contributed by atoms with Crippen molar-refractivity contribution in [3.63, 3.8) is 0 Å². The maximum atomic E-state index is 5.94. The van der Waals surface area contributed by atoms with Crippen molar-refractivity contribution in [2.24, 2.45) is 5.92 Å². The highest BCUT2D eigenvalue weighted by molar-refractivity contribution is 6.30. The molecule has 4 nitrogen and oxygen atoms in total. The van der Waals surface area contributed by atoms with Crippen LogP contribution in [-0.2, 0) is 6.54 Å². The highest BCUT2D eigenvalue weighted by Gasteiger charge is 2.22. The van der Waals surface area contributed by atoms with Crippen LogP contribution in [0.15, 0.2) is 30.5 Å². The second-order valence-corrected chi connectivity index (χ2v) is 6.16. The van der Waals surface area contributed by atoms with Gasteiger partial charge in [-0.2, -0.15) is 5.10 Å². The quantitative estimate of drug-likeness (QED) is 0.876. The third-order valence-corrected chi connectivity index (χ3v) is 4.41. The summed E-state index contributed by atoms with van der Waals surface area (Å²) in [6.07, 6.45) is 3.14. The summed E-state index contributed by atoms with van der Waals surface area (Å²) < 4.78 is 0. The van der Waals surface area contributed by atoms with E-state index in [0.717, 1.165) is 36.9 Å². The Morgan fingerprint density at radius 3 is 2.82 bits per heavy atom. The van der Waals surface area contributed by atoms with Gasteiger partial charge in [-0.1, -0.05) is 11.6 Å². The van der Waals surface area contributed by atoms with Crippen molar-refractivity contribution in [1.82, 2.24) is 15.5 Å². The van der Waals surface area contributed by atoms with Gasteiger partial charge in [0.15, 0.2) is 0 Å². The first-order valence-corrected chi connectivity index (χ1v) is 7.80. The molecular formula is C16H22Cl2N4. The Kier molecular flexibility index (Phi) is 6.12. The zero-order valence-electron chi connectivity index (χ0n) is 12.7. The van der Waals surface area contributed by atoms with Crippen LogP contribution in [0.5, 0.6) is 0 Å². The zero-order valence-corrected chi connectivity index (χ0v) is 14.3.